The molecule has 1 heterocycles. The number of piperidine rings is 1. The average Bonchev–Trinajstić information content (AvgIpc) is 2.52. The quantitative estimate of drug-likeness (QED) is 0.865. The van der Waals surface area contributed by atoms with Crippen molar-refractivity contribution in [2.24, 2.45) is 0 Å². The molecular formula is C17H18ClFN2O. The van der Waals surface area contributed by atoms with Crippen molar-refractivity contribution in [2.45, 2.75) is 18.9 Å². The van der Waals surface area contributed by atoms with Crippen molar-refractivity contribution in [3.63, 3.8) is 0 Å². The lowest BCUT2D eigenvalue weighted by Gasteiger charge is -2.33. The van der Waals surface area contributed by atoms with Crippen LogP contribution in [0, 0.1) is 5.82 Å². The first-order valence-electron chi connectivity index (χ1n) is 7.34. The van der Waals surface area contributed by atoms with Gasteiger partial charge in [0.25, 0.3) is 0 Å². The summed E-state index contributed by atoms with van der Waals surface area (Å²) in [7, 11) is 0. The van der Waals surface area contributed by atoms with Crippen LogP contribution in [0.2, 0.25) is 5.02 Å². The highest BCUT2D eigenvalue weighted by molar-refractivity contribution is 6.32. The average molecular weight is 321 g/mol. The van der Waals surface area contributed by atoms with Crippen LogP contribution in [0.4, 0.5) is 15.8 Å². The molecule has 0 saturated carbocycles. The van der Waals surface area contributed by atoms with Crippen LogP contribution < -0.4 is 15.4 Å². The molecule has 0 aliphatic carbocycles. The predicted octanol–water partition coefficient (Wildman–Crippen LogP) is 4.11. The minimum atomic E-state index is -0.208. The van der Waals surface area contributed by atoms with E-state index < -0.39 is 0 Å². The Hall–Kier alpha value is -1.94. The molecule has 0 aromatic heterocycles. The Morgan fingerprint density at radius 2 is 1.77 bits per heavy atom. The minimum absolute atomic E-state index is 0.137. The summed E-state index contributed by atoms with van der Waals surface area (Å²) < 4.78 is 18.9. The first kappa shape index (κ1) is 15.0. The molecule has 1 saturated heterocycles. The smallest absolute Gasteiger partial charge is 0.138 e. The van der Waals surface area contributed by atoms with Gasteiger partial charge in [-0.2, -0.15) is 0 Å². The second-order valence-electron chi connectivity index (χ2n) is 5.47. The van der Waals surface area contributed by atoms with Gasteiger partial charge in [0.1, 0.15) is 17.7 Å². The molecular weight excluding hydrogens is 303 g/mol. The molecule has 1 fully saturated rings. The second-order valence-corrected chi connectivity index (χ2v) is 5.88. The van der Waals surface area contributed by atoms with E-state index in [4.69, 9.17) is 22.1 Å². The Morgan fingerprint density at radius 1 is 1.09 bits per heavy atom. The number of hydrogen-bond donors (Lipinski definition) is 1. The van der Waals surface area contributed by atoms with E-state index in [1.54, 1.807) is 12.1 Å². The molecule has 1 aliphatic heterocycles. The van der Waals surface area contributed by atoms with Crippen LogP contribution in [0.25, 0.3) is 0 Å². The third-order valence-corrected chi connectivity index (χ3v) is 4.18. The molecule has 0 bridgehead atoms. The van der Waals surface area contributed by atoms with Crippen molar-refractivity contribution in [3.05, 3.63) is 53.3 Å². The van der Waals surface area contributed by atoms with Gasteiger partial charge in [-0.25, -0.2) is 4.39 Å². The number of hydrogen-bond acceptors (Lipinski definition) is 3. The Bertz CT molecular complexity index is 640. The van der Waals surface area contributed by atoms with E-state index in [1.807, 2.05) is 18.2 Å². The summed E-state index contributed by atoms with van der Waals surface area (Å²) in [6, 6.07) is 11.9. The molecule has 5 heteroatoms. The van der Waals surface area contributed by atoms with E-state index >= 15 is 0 Å². The van der Waals surface area contributed by atoms with Crippen molar-refractivity contribution in [2.75, 3.05) is 23.7 Å². The van der Waals surface area contributed by atoms with Gasteiger partial charge in [0.15, 0.2) is 0 Å². The maximum Gasteiger partial charge on any atom is 0.138 e. The van der Waals surface area contributed by atoms with Gasteiger partial charge in [-0.05, 0) is 42.5 Å². The van der Waals surface area contributed by atoms with Crippen LogP contribution in [-0.2, 0) is 0 Å². The van der Waals surface area contributed by atoms with E-state index in [0.717, 1.165) is 31.6 Å². The van der Waals surface area contributed by atoms with Crippen LogP contribution in [0.1, 0.15) is 12.8 Å². The number of ether oxygens (including phenoxy) is 1. The highest BCUT2D eigenvalue weighted by Crippen LogP contribution is 2.30. The maximum absolute atomic E-state index is 13.0. The van der Waals surface area contributed by atoms with Crippen LogP contribution in [-0.4, -0.2) is 19.2 Å². The van der Waals surface area contributed by atoms with E-state index in [-0.39, 0.29) is 11.9 Å². The summed E-state index contributed by atoms with van der Waals surface area (Å²) in [4.78, 5) is 2.24. The van der Waals surface area contributed by atoms with E-state index in [2.05, 4.69) is 4.90 Å². The van der Waals surface area contributed by atoms with Crippen LogP contribution >= 0.6 is 11.6 Å². The highest BCUT2D eigenvalue weighted by Gasteiger charge is 2.21. The number of nitrogens with two attached hydrogens (primary N) is 1. The number of anilines is 2. The molecule has 22 heavy (non-hydrogen) atoms. The summed E-state index contributed by atoms with van der Waals surface area (Å²) in [6.07, 6.45) is 1.94. The lowest BCUT2D eigenvalue weighted by Crippen LogP contribution is -2.38. The van der Waals surface area contributed by atoms with Crippen LogP contribution in [0.3, 0.4) is 0 Å². The van der Waals surface area contributed by atoms with Gasteiger partial charge in [0.2, 0.25) is 0 Å². The molecule has 3 rings (SSSR count). The molecule has 1 aliphatic rings. The normalized spacial score (nSPS) is 15.8. The SMILES string of the molecule is Nc1ccc(OC2CCN(c3ccc(F)cc3)CC2)c(Cl)c1. The zero-order valence-electron chi connectivity index (χ0n) is 12.1. The monoisotopic (exact) mass is 320 g/mol. The number of nitrogens with zero attached hydrogens (tertiary/aromatic N) is 1. The minimum Gasteiger partial charge on any atom is -0.489 e. The van der Waals surface area contributed by atoms with Crippen molar-refractivity contribution in [1.82, 2.24) is 0 Å². The molecule has 0 spiro atoms. The number of halogens is 2. The van der Waals surface area contributed by atoms with Crippen molar-refractivity contribution in [3.8, 4) is 5.75 Å². The second kappa shape index (κ2) is 6.44. The van der Waals surface area contributed by atoms with Crippen LogP contribution in [0.15, 0.2) is 42.5 Å². The molecule has 116 valence electrons. The third kappa shape index (κ3) is 3.45. The molecule has 0 amide bonds. The summed E-state index contributed by atoms with van der Waals surface area (Å²) in [5.74, 6) is 0.469. The summed E-state index contributed by atoms with van der Waals surface area (Å²) in [5.41, 5.74) is 7.36. The van der Waals surface area contributed by atoms with Gasteiger partial charge < -0.3 is 15.4 Å². The summed E-state index contributed by atoms with van der Waals surface area (Å²) >= 11 is 6.14. The van der Waals surface area contributed by atoms with Gasteiger partial charge in [0, 0.05) is 37.3 Å². The topological polar surface area (TPSA) is 38.5 Å². The zero-order valence-corrected chi connectivity index (χ0v) is 12.9. The first-order chi connectivity index (χ1) is 10.6. The molecule has 2 aromatic carbocycles. The fraction of sp³-hybridized carbons (Fsp3) is 0.294. The zero-order chi connectivity index (χ0) is 15.5. The molecule has 2 aromatic rings. The maximum atomic E-state index is 13.0. The summed E-state index contributed by atoms with van der Waals surface area (Å²) in [6.45, 7) is 1.76. The summed E-state index contributed by atoms with van der Waals surface area (Å²) in [5, 5.41) is 0.543. The van der Waals surface area contributed by atoms with Crippen molar-refractivity contribution >= 4 is 23.0 Å². The predicted molar refractivity (Wildman–Crippen MR) is 88.1 cm³/mol. The van der Waals surface area contributed by atoms with E-state index in [1.165, 1.54) is 12.1 Å². The molecule has 2 N–H and O–H groups in total. The van der Waals surface area contributed by atoms with Crippen molar-refractivity contribution in [1.29, 1.82) is 0 Å². The van der Waals surface area contributed by atoms with Gasteiger partial charge in [-0.1, -0.05) is 11.6 Å². The first-order valence-corrected chi connectivity index (χ1v) is 7.72. The molecule has 0 atom stereocenters. The Morgan fingerprint density at radius 3 is 2.41 bits per heavy atom. The highest BCUT2D eigenvalue weighted by atomic mass is 35.5. The van der Waals surface area contributed by atoms with Gasteiger partial charge >= 0.3 is 0 Å². The lowest BCUT2D eigenvalue weighted by molar-refractivity contribution is 0.171. The number of benzene rings is 2. The largest absolute Gasteiger partial charge is 0.489 e. The fourth-order valence-corrected chi connectivity index (χ4v) is 2.91. The van der Waals surface area contributed by atoms with Gasteiger partial charge in [0.05, 0.1) is 5.02 Å². The molecule has 3 nitrogen and oxygen atoms in total. The molecule has 0 radical (unpaired) electrons. The van der Waals surface area contributed by atoms with E-state index in [9.17, 15) is 4.39 Å². The molecule has 0 unspecified atom stereocenters. The number of rotatable bonds is 3. The van der Waals surface area contributed by atoms with Crippen molar-refractivity contribution < 1.29 is 9.13 Å². The number of nitrogen functional groups attached to an aromatic ring is 1. The lowest BCUT2D eigenvalue weighted by atomic mass is 10.1. The van der Waals surface area contributed by atoms with Gasteiger partial charge in [-0.3, -0.25) is 0 Å². The Balaban J connectivity index is 1.58. The fourth-order valence-electron chi connectivity index (χ4n) is 2.68. The standard InChI is InChI=1S/C17H18ClFN2O/c18-16-11-13(20)3-6-17(16)22-15-7-9-21(10-8-15)14-4-1-12(19)2-5-14/h1-6,11,15H,7-10,20H2. The Kier molecular flexibility index (Phi) is 4.39. The van der Waals surface area contributed by atoms with Crippen LogP contribution in [0.5, 0.6) is 5.75 Å². The van der Waals surface area contributed by atoms with Gasteiger partial charge in [-0.15, -0.1) is 0 Å². The third-order valence-electron chi connectivity index (χ3n) is 3.88. The Labute approximate surface area is 134 Å². The van der Waals surface area contributed by atoms with E-state index in [0.29, 0.717) is 16.5 Å².